The van der Waals surface area contributed by atoms with E-state index in [-0.39, 0.29) is 6.54 Å². The summed E-state index contributed by atoms with van der Waals surface area (Å²) in [4.78, 5) is 9.10. The lowest BCUT2D eigenvalue weighted by Crippen LogP contribution is -2.40. The number of hydrogen-bond acceptors (Lipinski definition) is 9. The van der Waals surface area contributed by atoms with Crippen molar-refractivity contribution in [3.05, 3.63) is 47.0 Å². The molecule has 4 rings (SSSR count). The molecular weight excluding hydrogens is 428 g/mol. The number of imidazole rings is 1. The first-order valence-corrected chi connectivity index (χ1v) is 10.8. The van der Waals surface area contributed by atoms with Gasteiger partial charge in [-0.1, -0.05) is 0 Å². The number of nitrogens with one attached hydrogen (secondary N) is 1. The molecule has 0 bridgehead atoms. The molecule has 1 fully saturated rings. The largest absolute Gasteiger partial charge is 0.496 e. The Kier molecular flexibility index (Phi) is 6.55. The lowest BCUT2D eigenvalue weighted by molar-refractivity contribution is -0.147. The third-order valence-electron chi connectivity index (χ3n) is 6.17. The molecule has 5 N–H and O–H groups in total. The molecule has 178 valence electrons. The van der Waals surface area contributed by atoms with Crippen LogP contribution < -0.4 is 10.1 Å². The van der Waals surface area contributed by atoms with Gasteiger partial charge in [0.25, 0.3) is 0 Å². The van der Waals surface area contributed by atoms with Crippen LogP contribution in [-0.2, 0) is 17.8 Å². The second kappa shape index (κ2) is 9.24. The maximum absolute atomic E-state index is 10.6. The number of hydrogen-bond donors (Lipinski definition) is 5. The smallest absolute Gasteiger partial charge is 0.184 e. The van der Waals surface area contributed by atoms with Crippen LogP contribution in [0, 0.1) is 20.8 Å². The van der Waals surface area contributed by atoms with Crippen LogP contribution in [0.2, 0.25) is 0 Å². The number of aromatic nitrogens is 3. The summed E-state index contributed by atoms with van der Waals surface area (Å²) in [5, 5.41) is 43.2. The van der Waals surface area contributed by atoms with Crippen LogP contribution in [0.25, 0.3) is 11.0 Å². The molecule has 0 unspecified atom stereocenters. The number of aliphatic hydroxyl groups is 4. The summed E-state index contributed by atoms with van der Waals surface area (Å²) in [6.45, 7) is 6.37. The molecule has 10 heteroatoms. The summed E-state index contributed by atoms with van der Waals surface area (Å²) < 4.78 is 12.4. The Balaban J connectivity index is 1.50. The monoisotopic (exact) mass is 458 g/mol. The number of anilines is 1. The Labute approximate surface area is 191 Å². The number of fused-ring (bicyclic) bond motifs is 1. The molecular formula is C23H30N4O6. The molecule has 10 nitrogen and oxygen atoms in total. The third kappa shape index (κ3) is 4.40. The summed E-state index contributed by atoms with van der Waals surface area (Å²) in [5.41, 5.74) is 5.28. The molecule has 1 aliphatic heterocycles. The lowest BCUT2D eigenvalue weighted by atomic mass is 10.1. The molecule has 0 aliphatic carbocycles. The van der Waals surface area contributed by atoms with E-state index in [1.165, 1.54) is 0 Å². The Bertz CT molecular complexity index is 1150. The number of methoxy groups -OCH3 is 1. The third-order valence-corrected chi connectivity index (χ3v) is 6.17. The first-order valence-electron chi connectivity index (χ1n) is 10.8. The average Bonchev–Trinajstić information content (AvgIpc) is 3.23. The van der Waals surface area contributed by atoms with Gasteiger partial charge in [-0.05, 0) is 39.0 Å². The highest BCUT2D eigenvalue weighted by Gasteiger charge is 2.45. The second-order valence-electron chi connectivity index (χ2n) is 8.41. The minimum Gasteiger partial charge on any atom is -0.496 e. The van der Waals surface area contributed by atoms with Crippen LogP contribution in [0.1, 0.15) is 22.6 Å². The van der Waals surface area contributed by atoms with E-state index in [9.17, 15) is 20.4 Å². The molecule has 1 aromatic carbocycles. The number of pyridine rings is 1. The second-order valence-corrected chi connectivity index (χ2v) is 8.41. The molecule has 2 aromatic heterocycles. The van der Waals surface area contributed by atoms with Gasteiger partial charge in [0.1, 0.15) is 36.0 Å². The Hall–Kier alpha value is -2.76. The number of ether oxygens (including phenoxy) is 2. The average molecular weight is 459 g/mol. The molecule has 5 atom stereocenters. The summed E-state index contributed by atoms with van der Waals surface area (Å²) in [6.07, 6.45) is -4.81. The Morgan fingerprint density at radius 2 is 1.94 bits per heavy atom. The van der Waals surface area contributed by atoms with E-state index in [1.54, 1.807) is 13.3 Å². The highest BCUT2D eigenvalue weighted by Crippen LogP contribution is 2.27. The van der Waals surface area contributed by atoms with Crippen LogP contribution in [0.15, 0.2) is 24.4 Å². The van der Waals surface area contributed by atoms with Gasteiger partial charge < -0.3 is 39.8 Å². The fourth-order valence-corrected chi connectivity index (χ4v) is 4.32. The predicted molar refractivity (Wildman–Crippen MR) is 121 cm³/mol. The van der Waals surface area contributed by atoms with Crippen LogP contribution in [-0.4, -0.2) is 72.8 Å². The molecule has 3 heterocycles. The van der Waals surface area contributed by atoms with Crippen molar-refractivity contribution in [3.63, 3.8) is 0 Å². The Morgan fingerprint density at radius 1 is 1.18 bits per heavy atom. The standard InChI is InChI=1S/C23H30N4O6/c1-11-8-25-16(12(2)21(11)32-4)9-24-14-5-6-17-15(7-14)26-13(3)27(17)10-18(28)22-19(29)20(30)23(31)33-22/h5-8,18-20,22-24,28-31H,9-10H2,1-4H3/t18-,19-,20+,22-,23+/m1/s1. The normalized spacial score (nSPS) is 23.8. The summed E-state index contributed by atoms with van der Waals surface area (Å²) in [7, 11) is 1.65. The zero-order chi connectivity index (χ0) is 23.9. The first-order chi connectivity index (χ1) is 15.7. The molecule has 1 aliphatic rings. The van der Waals surface area contributed by atoms with Gasteiger partial charge in [0.15, 0.2) is 6.29 Å². The van der Waals surface area contributed by atoms with Crippen molar-refractivity contribution in [2.24, 2.45) is 0 Å². The zero-order valence-corrected chi connectivity index (χ0v) is 19.1. The van der Waals surface area contributed by atoms with Gasteiger partial charge >= 0.3 is 0 Å². The van der Waals surface area contributed by atoms with Gasteiger partial charge in [-0.25, -0.2) is 4.98 Å². The highest BCUT2D eigenvalue weighted by atomic mass is 16.6. The molecule has 1 saturated heterocycles. The van der Waals surface area contributed by atoms with Crippen molar-refractivity contribution in [2.75, 3.05) is 12.4 Å². The molecule has 0 spiro atoms. The van der Waals surface area contributed by atoms with E-state index in [0.717, 1.165) is 39.3 Å². The van der Waals surface area contributed by atoms with Crippen LogP contribution in [0.4, 0.5) is 5.69 Å². The fraction of sp³-hybridized carbons (Fsp3) is 0.478. The van der Waals surface area contributed by atoms with E-state index in [4.69, 9.17) is 9.47 Å². The van der Waals surface area contributed by atoms with Crippen LogP contribution >= 0.6 is 0 Å². The van der Waals surface area contributed by atoms with E-state index in [1.807, 2.05) is 43.5 Å². The quantitative estimate of drug-likeness (QED) is 0.347. The van der Waals surface area contributed by atoms with Gasteiger partial charge in [0.2, 0.25) is 0 Å². The van der Waals surface area contributed by atoms with Gasteiger partial charge in [-0.3, -0.25) is 4.98 Å². The van der Waals surface area contributed by atoms with Crippen LogP contribution in [0.3, 0.4) is 0 Å². The molecule has 0 amide bonds. The number of aliphatic hydroxyl groups excluding tert-OH is 4. The van der Waals surface area contributed by atoms with Crippen molar-refractivity contribution in [1.82, 2.24) is 14.5 Å². The molecule has 0 saturated carbocycles. The maximum atomic E-state index is 10.6. The number of benzene rings is 1. The first kappa shape index (κ1) is 23.4. The minimum absolute atomic E-state index is 0.0859. The fourth-order valence-electron chi connectivity index (χ4n) is 4.32. The SMILES string of the molecule is COc1c(C)cnc(CNc2ccc3c(c2)nc(C)n3C[C@@H](O)[C@H]2O[C@H](O)[C@@H](O)[C@H]2O)c1C. The predicted octanol–water partition coefficient (Wildman–Crippen LogP) is 0.777. The van der Waals surface area contributed by atoms with E-state index in [0.29, 0.717) is 12.4 Å². The van der Waals surface area contributed by atoms with E-state index < -0.39 is 30.7 Å². The minimum atomic E-state index is -1.53. The van der Waals surface area contributed by atoms with E-state index >= 15 is 0 Å². The molecule has 33 heavy (non-hydrogen) atoms. The van der Waals surface area contributed by atoms with Crippen LogP contribution in [0.5, 0.6) is 5.75 Å². The number of nitrogens with zero attached hydrogens (tertiary/aromatic N) is 3. The van der Waals surface area contributed by atoms with Crippen molar-refractivity contribution in [2.45, 2.75) is 64.6 Å². The van der Waals surface area contributed by atoms with Gasteiger partial charge in [-0.15, -0.1) is 0 Å². The van der Waals surface area contributed by atoms with Gasteiger partial charge in [0.05, 0.1) is 36.9 Å². The van der Waals surface area contributed by atoms with Gasteiger partial charge in [0, 0.05) is 23.0 Å². The topological polar surface area (TPSA) is 142 Å². The zero-order valence-electron chi connectivity index (χ0n) is 19.1. The van der Waals surface area contributed by atoms with Crippen molar-refractivity contribution in [1.29, 1.82) is 0 Å². The highest BCUT2D eigenvalue weighted by molar-refractivity contribution is 5.80. The molecule has 3 aromatic rings. The Morgan fingerprint density at radius 3 is 2.61 bits per heavy atom. The van der Waals surface area contributed by atoms with Crippen molar-refractivity contribution in [3.8, 4) is 5.75 Å². The number of aryl methyl sites for hydroxylation is 2. The summed E-state index contributed by atoms with van der Waals surface area (Å²) >= 11 is 0. The van der Waals surface area contributed by atoms with Crippen molar-refractivity contribution >= 4 is 16.7 Å². The number of rotatable bonds is 7. The lowest BCUT2D eigenvalue weighted by Gasteiger charge is -2.22. The van der Waals surface area contributed by atoms with Gasteiger partial charge in [-0.2, -0.15) is 0 Å². The summed E-state index contributed by atoms with van der Waals surface area (Å²) in [5.74, 6) is 1.51. The molecule has 0 radical (unpaired) electrons. The summed E-state index contributed by atoms with van der Waals surface area (Å²) in [6, 6.07) is 5.73. The maximum Gasteiger partial charge on any atom is 0.184 e. The van der Waals surface area contributed by atoms with E-state index in [2.05, 4.69) is 15.3 Å². The van der Waals surface area contributed by atoms with Crippen molar-refractivity contribution < 1.29 is 29.9 Å².